The Kier molecular flexibility index (Phi) is 6.46. The predicted octanol–water partition coefficient (Wildman–Crippen LogP) is 2.07. The number of hydrogen-bond acceptors (Lipinski definition) is 2. The van der Waals surface area contributed by atoms with Crippen LogP contribution in [0.15, 0.2) is 0 Å². The number of carbonyl (C=O) groups is 1. The van der Waals surface area contributed by atoms with Crippen molar-refractivity contribution in [3.63, 3.8) is 0 Å². The summed E-state index contributed by atoms with van der Waals surface area (Å²) in [5.41, 5.74) is 0. The molecule has 0 aliphatic heterocycles. The Hall–Kier alpha value is -0.570. The summed E-state index contributed by atoms with van der Waals surface area (Å²) in [6.07, 6.45) is 7.31. The Bertz CT molecular complexity index is 206. The van der Waals surface area contributed by atoms with E-state index < -0.39 is 0 Å². The second-order valence-corrected chi connectivity index (χ2v) is 4.80. The van der Waals surface area contributed by atoms with Gasteiger partial charge in [-0.25, -0.2) is 0 Å². The molecule has 1 rings (SSSR count). The van der Waals surface area contributed by atoms with Crippen LogP contribution in [0.25, 0.3) is 0 Å². The molecule has 1 aliphatic rings. The summed E-state index contributed by atoms with van der Waals surface area (Å²) in [4.78, 5) is 11.7. The van der Waals surface area contributed by atoms with E-state index in [2.05, 4.69) is 24.5 Å². The monoisotopic (exact) mass is 226 g/mol. The van der Waals surface area contributed by atoms with Crippen LogP contribution in [0.3, 0.4) is 0 Å². The van der Waals surface area contributed by atoms with E-state index in [4.69, 9.17) is 0 Å². The van der Waals surface area contributed by atoms with Gasteiger partial charge in [0.25, 0.3) is 0 Å². The molecule has 0 aromatic rings. The van der Waals surface area contributed by atoms with Gasteiger partial charge in [-0.3, -0.25) is 4.79 Å². The Morgan fingerprint density at radius 1 is 1.25 bits per heavy atom. The molecule has 0 spiro atoms. The second-order valence-electron chi connectivity index (χ2n) is 4.80. The second kappa shape index (κ2) is 7.66. The van der Waals surface area contributed by atoms with Crippen molar-refractivity contribution in [3.8, 4) is 0 Å². The van der Waals surface area contributed by atoms with Gasteiger partial charge in [-0.2, -0.15) is 0 Å². The lowest BCUT2D eigenvalue weighted by molar-refractivity contribution is -0.121. The Balaban J connectivity index is 2.25. The van der Waals surface area contributed by atoms with Gasteiger partial charge in [0.15, 0.2) is 0 Å². The van der Waals surface area contributed by atoms with E-state index in [1.54, 1.807) is 0 Å². The first-order chi connectivity index (χ1) is 7.77. The molecule has 0 bridgehead atoms. The third kappa shape index (κ3) is 4.52. The molecule has 16 heavy (non-hydrogen) atoms. The molecule has 2 unspecified atom stereocenters. The van der Waals surface area contributed by atoms with Crippen LogP contribution in [0, 0.1) is 5.92 Å². The first-order valence-electron chi connectivity index (χ1n) is 6.78. The minimum Gasteiger partial charge on any atom is -0.352 e. The molecular formula is C13H26N2O. The highest BCUT2D eigenvalue weighted by atomic mass is 16.1. The zero-order valence-corrected chi connectivity index (χ0v) is 10.7. The maximum Gasteiger partial charge on any atom is 0.234 e. The van der Waals surface area contributed by atoms with E-state index in [0.717, 1.165) is 19.4 Å². The fraction of sp³-hybridized carbons (Fsp3) is 0.923. The number of rotatable bonds is 6. The lowest BCUT2D eigenvalue weighted by Gasteiger charge is -2.31. The Morgan fingerprint density at radius 2 is 2.00 bits per heavy atom. The molecule has 0 saturated heterocycles. The molecule has 2 N–H and O–H groups in total. The van der Waals surface area contributed by atoms with Crippen LogP contribution in [0.2, 0.25) is 0 Å². The van der Waals surface area contributed by atoms with E-state index in [9.17, 15) is 4.79 Å². The molecule has 0 heterocycles. The van der Waals surface area contributed by atoms with Gasteiger partial charge in [-0.15, -0.1) is 0 Å². The zero-order valence-electron chi connectivity index (χ0n) is 10.7. The first kappa shape index (κ1) is 13.5. The maximum absolute atomic E-state index is 11.7. The van der Waals surface area contributed by atoms with Gasteiger partial charge >= 0.3 is 0 Å². The summed E-state index contributed by atoms with van der Waals surface area (Å²) in [5.74, 6) is 0.864. The van der Waals surface area contributed by atoms with Gasteiger partial charge < -0.3 is 10.6 Å². The Morgan fingerprint density at radius 3 is 2.69 bits per heavy atom. The topological polar surface area (TPSA) is 41.1 Å². The zero-order chi connectivity index (χ0) is 11.8. The van der Waals surface area contributed by atoms with E-state index >= 15 is 0 Å². The van der Waals surface area contributed by atoms with Crippen LogP contribution < -0.4 is 10.6 Å². The molecule has 0 radical (unpaired) electrons. The summed E-state index contributed by atoms with van der Waals surface area (Å²) >= 11 is 0. The van der Waals surface area contributed by atoms with Crippen molar-refractivity contribution in [2.75, 3.05) is 13.1 Å². The molecule has 2 atom stereocenters. The molecule has 94 valence electrons. The highest BCUT2D eigenvalue weighted by Crippen LogP contribution is 2.26. The van der Waals surface area contributed by atoms with Crippen molar-refractivity contribution in [1.82, 2.24) is 10.6 Å². The van der Waals surface area contributed by atoms with Crippen molar-refractivity contribution in [2.24, 2.45) is 5.92 Å². The van der Waals surface area contributed by atoms with Crippen molar-refractivity contribution < 1.29 is 4.79 Å². The van der Waals surface area contributed by atoms with Crippen LogP contribution >= 0.6 is 0 Å². The van der Waals surface area contributed by atoms with Gasteiger partial charge in [-0.1, -0.05) is 33.1 Å². The van der Waals surface area contributed by atoms with Gasteiger partial charge in [0, 0.05) is 6.04 Å². The minimum absolute atomic E-state index is 0.166. The molecule has 3 nitrogen and oxygen atoms in total. The highest BCUT2D eigenvalue weighted by molar-refractivity contribution is 5.78. The van der Waals surface area contributed by atoms with Crippen LogP contribution in [0.5, 0.6) is 0 Å². The molecule has 1 amide bonds. The van der Waals surface area contributed by atoms with Crippen molar-refractivity contribution in [2.45, 2.75) is 58.4 Å². The van der Waals surface area contributed by atoms with Crippen LogP contribution in [0.4, 0.5) is 0 Å². The smallest absolute Gasteiger partial charge is 0.234 e. The van der Waals surface area contributed by atoms with Gasteiger partial charge in [-0.05, 0) is 31.7 Å². The summed E-state index contributed by atoms with van der Waals surface area (Å²) < 4.78 is 0. The number of amides is 1. The quantitative estimate of drug-likeness (QED) is 0.681. The summed E-state index contributed by atoms with van der Waals surface area (Å²) in [6.45, 7) is 5.74. The summed E-state index contributed by atoms with van der Waals surface area (Å²) in [7, 11) is 0. The van der Waals surface area contributed by atoms with E-state index in [1.165, 1.54) is 25.7 Å². The number of carbonyl (C=O) groups excluding carboxylic acids is 1. The van der Waals surface area contributed by atoms with Gasteiger partial charge in [0.1, 0.15) is 0 Å². The molecule has 1 aliphatic carbocycles. The number of nitrogens with one attached hydrogen (secondary N) is 2. The minimum atomic E-state index is 0.166. The predicted molar refractivity (Wildman–Crippen MR) is 67.3 cm³/mol. The molecular weight excluding hydrogens is 200 g/mol. The average Bonchev–Trinajstić information content (AvgIpc) is 2.30. The van der Waals surface area contributed by atoms with E-state index in [1.807, 2.05) is 0 Å². The average molecular weight is 226 g/mol. The molecule has 3 heteroatoms. The highest BCUT2D eigenvalue weighted by Gasteiger charge is 2.24. The molecule has 0 aromatic carbocycles. The third-order valence-corrected chi connectivity index (χ3v) is 3.49. The maximum atomic E-state index is 11.7. The van der Waals surface area contributed by atoms with Crippen molar-refractivity contribution in [1.29, 1.82) is 0 Å². The lowest BCUT2D eigenvalue weighted by Crippen LogP contribution is -2.45. The van der Waals surface area contributed by atoms with E-state index in [-0.39, 0.29) is 5.91 Å². The number of hydrogen-bond donors (Lipinski definition) is 2. The SMILES string of the molecule is CCCNCC(=O)NC1CCCCC1CC. The first-order valence-corrected chi connectivity index (χ1v) is 6.78. The normalized spacial score (nSPS) is 25.4. The van der Waals surface area contributed by atoms with Crippen LogP contribution in [0.1, 0.15) is 52.4 Å². The van der Waals surface area contributed by atoms with Crippen molar-refractivity contribution >= 4 is 5.91 Å². The fourth-order valence-corrected chi connectivity index (χ4v) is 2.52. The molecule has 0 aromatic heterocycles. The lowest BCUT2D eigenvalue weighted by atomic mass is 9.83. The van der Waals surface area contributed by atoms with Crippen molar-refractivity contribution in [3.05, 3.63) is 0 Å². The van der Waals surface area contributed by atoms with Crippen LogP contribution in [-0.4, -0.2) is 25.0 Å². The summed E-state index contributed by atoms with van der Waals surface area (Å²) in [6, 6.07) is 0.426. The van der Waals surface area contributed by atoms with Crippen LogP contribution in [-0.2, 0) is 4.79 Å². The largest absolute Gasteiger partial charge is 0.352 e. The fourth-order valence-electron chi connectivity index (χ4n) is 2.52. The van der Waals surface area contributed by atoms with E-state index in [0.29, 0.717) is 18.5 Å². The van der Waals surface area contributed by atoms with Gasteiger partial charge in [0.05, 0.1) is 6.54 Å². The third-order valence-electron chi connectivity index (χ3n) is 3.49. The summed E-state index contributed by atoms with van der Waals surface area (Å²) in [5, 5.41) is 6.32. The Labute approximate surface area is 99.4 Å². The molecule has 1 saturated carbocycles. The van der Waals surface area contributed by atoms with Gasteiger partial charge in [0.2, 0.25) is 5.91 Å². The molecule has 1 fully saturated rings. The standard InChI is InChI=1S/C13H26N2O/c1-3-9-14-10-13(16)15-12-8-6-5-7-11(12)4-2/h11-12,14H,3-10H2,1-2H3,(H,15,16).